The molecule has 0 N–H and O–H groups in total. The number of ether oxygens (including phenoxy) is 1. The van der Waals surface area contributed by atoms with Crippen molar-refractivity contribution in [3.05, 3.63) is 112 Å². The molecule has 0 aromatic heterocycles. The third kappa shape index (κ3) is 6.00. The Morgan fingerprint density at radius 2 is 1.32 bits per heavy atom. The molecule has 3 aromatic carbocycles. The summed E-state index contributed by atoms with van der Waals surface area (Å²) in [6, 6.07) is 29.3. The van der Waals surface area contributed by atoms with Crippen LogP contribution in [0, 0.1) is 10.2 Å². The predicted molar refractivity (Wildman–Crippen MR) is 139 cm³/mol. The second-order valence-electron chi connectivity index (χ2n) is 9.19. The van der Waals surface area contributed by atoms with E-state index in [1.165, 1.54) is 35.3 Å². The first-order valence-electron chi connectivity index (χ1n) is 12.2. The summed E-state index contributed by atoms with van der Waals surface area (Å²) >= 11 is 8.25. The fourth-order valence-electron chi connectivity index (χ4n) is 5.11. The van der Waals surface area contributed by atoms with E-state index in [4.69, 9.17) is 35.0 Å². The molecule has 1 saturated carbocycles. The van der Waals surface area contributed by atoms with Gasteiger partial charge in [-0.05, 0) is 48.4 Å². The molecule has 196 valence electrons. The van der Waals surface area contributed by atoms with Crippen molar-refractivity contribution in [2.75, 3.05) is 0 Å². The fourth-order valence-corrected chi connectivity index (χ4v) is 6.89. The van der Waals surface area contributed by atoms with E-state index in [2.05, 4.69) is 77.4 Å². The molecular formula is C29H25Cl2NO5S. The third-order valence-electron chi connectivity index (χ3n) is 6.69. The first kappa shape index (κ1) is 27.0. The molecule has 38 heavy (non-hydrogen) atoms. The van der Waals surface area contributed by atoms with Gasteiger partial charge in [0.05, 0.1) is 0 Å². The van der Waals surface area contributed by atoms with Crippen LogP contribution in [0.25, 0.3) is 11.3 Å². The third-order valence-corrected chi connectivity index (χ3v) is 8.51. The van der Waals surface area contributed by atoms with Gasteiger partial charge in [0, 0.05) is 41.1 Å². The largest absolute Gasteiger partial charge is 0.404 e. The Kier molecular flexibility index (Phi) is 7.98. The van der Waals surface area contributed by atoms with Gasteiger partial charge >= 0.3 is 5.90 Å². The molecule has 0 unspecified atom stereocenters. The maximum Gasteiger partial charge on any atom is 0.389 e. The van der Waals surface area contributed by atoms with Crippen LogP contribution < -0.4 is 18.6 Å². The molecule has 2 heterocycles. The minimum atomic E-state index is -4.94. The molecule has 1 spiro atoms. The van der Waals surface area contributed by atoms with Crippen molar-refractivity contribution in [3.8, 4) is 0 Å². The summed E-state index contributed by atoms with van der Waals surface area (Å²) in [5.74, 6) is 1.84. The number of nitrogens with zero attached hydrogens (tertiary/aromatic N) is 1. The van der Waals surface area contributed by atoms with Crippen LogP contribution in [0.1, 0.15) is 43.2 Å². The Hall–Kier alpha value is -2.62. The van der Waals surface area contributed by atoms with Crippen molar-refractivity contribution >= 4 is 46.3 Å². The van der Waals surface area contributed by atoms with E-state index in [1.807, 2.05) is 30.0 Å². The van der Waals surface area contributed by atoms with Crippen molar-refractivity contribution in [3.63, 3.8) is 0 Å². The Bertz CT molecular complexity index is 1370. The number of thioether (sulfide) groups is 1. The van der Waals surface area contributed by atoms with Crippen LogP contribution in [-0.2, 0) is 4.74 Å². The van der Waals surface area contributed by atoms with E-state index >= 15 is 0 Å². The van der Waals surface area contributed by atoms with Crippen molar-refractivity contribution < 1.29 is 38.2 Å². The average molecular weight is 570 g/mol. The van der Waals surface area contributed by atoms with Gasteiger partial charge in [0.25, 0.3) is 0 Å². The first-order chi connectivity index (χ1) is 18.2. The van der Waals surface area contributed by atoms with E-state index < -0.39 is 10.2 Å². The van der Waals surface area contributed by atoms with E-state index in [1.54, 1.807) is 0 Å². The van der Waals surface area contributed by atoms with Crippen LogP contribution in [0.4, 0.5) is 5.69 Å². The van der Waals surface area contributed by atoms with Crippen LogP contribution in [0.15, 0.2) is 95.9 Å². The van der Waals surface area contributed by atoms with E-state index in [9.17, 15) is 0 Å². The molecule has 3 aliphatic rings. The zero-order valence-corrected chi connectivity index (χ0v) is 22.7. The molecule has 0 radical (unpaired) electrons. The smallest absolute Gasteiger partial charge is 0.389 e. The SMILES string of the molecule is Clc1ccc([N+]2=C3OC(c4ccccc4)=CC(c4ccccc4)=C3SC23CCCCC3)cc1.[O-][Cl+3]([O-])([O-])[O-]. The normalized spacial score (nSPS) is 18.4. The van der Waals surface area contributed by atoms with Gasteiger partial charge in [-0.15, -0.1) is 14.8 Å². The lowest BCUT2D eigenvalue weighted by atomic mass is 9.93. The highest BCUT2D eigenvalue weighted by atomic mass is 35.7. The number of hydrogen-bond acceptors (Lipinski definition) is 6. The Labute approximate surface area is 232 Å². The Balaban J connectivity index is 0.000000540. The van der Waals surface area contributed by atoms with Gasteiger partial charge in [0.1, 0.15) is 10.7 Å². The molecule has 1 fully saturated rings. The quantitative estimate of drug-likeness (QED) is 0.447. The lowest BCUT2D eigenvalue weighted by molar-refractivity contribution is -2.00. The van der Waals surface area contributed by atoms with Crippen molar-refractivity contribution in [1.82, 2.24) is 0 Å². The van der Waals surface area contributed by atoms with Gasteiger partial charge in [-0.2, -0.15) is 0 Å². The van der Waals surface area contributed by atoms with Crippen LogP contribution >= 0.6 is 23.4 Å². The summed E-state index contributed by atoms with van der Waals surface area (Å²) in [7, 11) is -4.94. The monoisotopic (exact) mass is 569 g/mol. The van der Waals surface area contributed by atoms with Crippen LogP contribution in [0.3, 0.4) is 0 Å². The zero-order chi connectivity index (χ0) is 26.8. The fraction of sp³-hybridized carbons (Fsp3) is 0.207. The highest BCUT2D eigenvalue weighted by molar-refractivity contribution is 8.05. The molecule has 2 aliphatic heterocycles. The van der Waals surface area contributed by atoms with Crippen molar-refractivity contribution in [2.45, 2.75) is 37.0 Å². The summed E-state index contributed by atoms with van der Waals surface area (Å²) in [6.07, 6.45) is 8.26. The van der Waals surface area contributed by atoms with E-state index in [0.29, 0.717) is 0 Å². The number of allylic oxidation sites excluding steroid dienone is 2. The van der Waals surface area contributed by atoms with Gasteiger partial charge in [-0.3, -0.25) is 0 Å². The number of halogens is 2. The molecule has 3 aromatic rings. The highest BCUT2D eigenvalue weighted by Crippen LogP contribution is 2.55. The van der Waals surface area contributed by atoms with Gasteiger partial charge in [-0.1, -0.05) is 78.7 Å². The Morgan fingerprint density at radius 1 is 0.763 bits per heavy atom. The van der Waals surface area contributed by atoms with Gasteiger partial charge in [0.15, 0.2) is 0 Å². The maximum absolute atomic E-state index is 8.49. The summed E-state index contributed by atoms with van der Waals surface area (Å²) in [5.41, 5.74) is 4.68. The minimum Gasteiger partial charge on any atom is -0.404 e. The molecular weight excluding hydrogens is 545 g/mol. The van der Waals surface area contributed by atoms with E-state index in [0.717, 1.165) is 40.8 Å². The van der Waals surface area contributed by atoms with Crippen molar-refractivity contribution in [2.24, 2.45) is 0 Å². The molecule has 6 nitrogen and oxygen atoms in total. The molecule has 9 heteroatoms. The molecule has 1 aliphatic carbocycles. The Morgan fingerprint density at radius 3 is 1.89 bits per heavy atom. The molecule has 0 atom stereocenters. The highest BCUT2D eigenvalue weighted by Gasteiger charge is 2.56. The average Bonchev–Trinajstić information content (AvgIpc) is 3.22. The molecule has 0 amide bonds. The second-order valence-corrected chi connectivity index (χ2v) is 11.8. The number of fused-ring (bicyclic) bond motifs is 1. The predicted octanol–water partition coefficient (Wildman–Crippen LogP) is 3.52. The summed E-state index contributed by atoms with van der Waals surface area (Å²) in [4.78, 5) is 1.20. The lowest BCUT2D eigenvalue weighted by Crippen LogP contribution is -2.68. The molecule has 0 saturated heterocycles. The lowest BCUT2D eigenvalue weighted by Gasteiger charge is -2.28. The van der Waals surface area contributed by atoms with Gasteiger partial charge < -0.3 is 4.74 Å². The van der Waals surface area contributed by atoms with Crippen molar-refractivity contribution in [1.29, 1.82) is 0 Å². The molecule has 6 rings (SSSR count). The van der Waals surface area contributed by atoms with Crippen LogP contribution in [0.2, 0.25) is 5.02 Å². The topological polar surface area (TPSA) is 104 Å². The molecule has 0 bridgehead atoms. The van der Waals surface area contributed by atoms with Gasteiger partial charge in [-0.25, -0.2) is 18.6 Å². The number of benzene rings is 3. The second kappa shape index (κ2) is 11.2. The summed E-state index contributed by atoms with van der Waals surface area (Å²) in [5, 5.41) is 0.753. The van der Waals surface area contributed by atoms with Gasteiger partial charge in [0.2, 0.25) is 10.6 Å². The summed E-state index contributed by atoms with van der Waals surface area (Å²) < 4.78 is 43.2. The standard InChI is InChI=1S/C29H25ClNOS.ClHO4/c30-23-14-16-24(17-15-23)31-28-27(33-29(31)18-8-3-9-19-29)25(21-10-4-1-5-11-21)20-26(32-28)22-12-6-2-7-13-22;2-1(3,4)5/h1-2,4-7,10-17,20H,3,8-9,18-19H2;(H,2,3,4,5)/q+1;/p-1. The number of hydrogen-bond donors (Lipinski definition) is 0. The first-order valence-corrected chi connectivity index (χ1v) is 14.6. The van der Waals surface area contributed by atoms with E-state index in [-0.39, 0.29) is 4.87 Å². The van der Waals surface area contributed by atoms with Crippen LogP contribution in [0.5, 0.6) is 0 Å². The minimum absolute atomic E-state index is 0.0310. The van der Waals surface area contributed by atoms with Crippen LogP contribution in [-0.4, -0.2) is 15.3 Å². The summed E-state index contributed by atoms with van der Waals surface area (Å²) in [6.45, 7) is 0. The zero-order valence-electron chi connectivity index (χ0n) is 20.3. The number of rotatable bonds is 3. The maximum atomic E-state index is 8.49.